The molecule has 152 valence electrons. The molecule has 8 heteroatoms. The third kappa shape index (κ3) is 4.25. The van der Waals surface area contributed by atoms with E-state index in [4.69, 9.17) is 28.2 Å². The van der Waals surface area contributed by atoms with Crippen LogP contribution < -0.4 is 10.6 Å². The Bertz CT molecular complexity index is 1250. The minimum Gasteiger partial charge on any atom is -0.308 e. The number of carbonyl (C=O) groups is 1. The fraction of sp³-hybridized carbons (Fsp3) is 0.136. The van der Waals surface area contributed by atoms with Crippen LogP contribution in [-0.4, -0.2) is 20.6 Å². The first-order chi connectivity index (χ1) is 14.4. The number of rotatable bonds is 4. The standard InChI is InChI=1S/C22H19Cl2N5O/c1-13-19(28-22(30)27-18-9-4-3-8-17(18)24)11-20-21(25-13)29(14(2)26-20)12-15-6-5-7-16(23)10-15/h3-11H,12H2,1-2H3,(H2,27,28,30). The third-order valence-corrected chi connectivity index (χ3v) is 5.27. The summed E-state index contributed by atoms with van der Waals surface area (Å²) in [6, 6.07) is 16.2. The Morgan fingerprint density at radius 3 is 2.50 bits per heavy atom. The topological polar surface area (TPSA) is 71.8 Å². The van der Waals surface area contributed by atoms with Gasteiger partial charge in [0.1, 0.15) is 11.3 Å². The number of nitrogens with one attached hydrogen (secondary N) is 2. The van der Waals surface area contributed by atoms with Gasteiger partial charge in [-0.05, 0) is 49.7 Å². The number of pyridine rings is 1. The van der Waals surface area contributed by atoms with Gasteiger partial charge in [0.15, 0.2) is 5.65 Å². The number of hydrogen-bond acceptors (Lipinski definition) is 3. The number of urea groups is 1. The quantitative estimate of drug-likeness (QED) is 0.406. The second-order valence-corrected chi connectivity index (χ2v) is 7.74. The molecule has 2 amide bonds. The minimum atomic E-state index is -0.401. The first kappa shape index (κ1) is 20.2. The number of fused-ring (bicyclic) bond motifs is 1. The fourth-order valence-corrected chi connectivity index (χ4v) is 3.62. The zero-order valence-electron chi connectivity index (χ0n) is 16.4. The molecule has 30 heavy (non-hydrogen) atoms. The highest BCUT2D eigenvalue weighted by Crippen LogP contribution is 2.24. The van der Waals surface area contributed by atoms with Crippen LogP contribution in [0.25, 0.3) is 11.2 Å². The summed E-state index contributed by atoms with van der Waals surface area (Å²) in [4.78, 5) is 21.7. The summed E-state index contributed by atoms with van der Waals surface area (Å²) in [6.45, 7) is 4.38. The van der Waals surface area contributed by atoms with E-state index in [0.29, 0.717) is 39.2 Å². The van der Waals surface area contributed by atoms with Gasteiger partial charge < -0.3 is 15.2 Å². The van der Waals surface area contributed by atoms with Gasteiger partial charge in [-0.25, -0.2) is 14.8 Å². The average Bonchev–Trinajstić information content (AvgIpc) is 2.98. The Kier molecular flexibility index (Phi) is 5.61. The van der Waals surface area contributed by atoms with Gasteiger partial charge in [0.05, 0.1) is 28.6 Å². The Hall–Kier alpha value is -3.09. The number of para-hydroxylation sites is 1. The van der Waals surface area contributed by atoms with E-state index < -0.39 is 6.03 Å². The van der Waals surface area contributed by atoms with Crippen molar-refractivity contribution >= 4 is 51.8 Å². The lowest BCUT2D eigenvalue weighted by molar-refractivity contribution is 0.262. The summed E-state index contributed by atoms with van der Waals surface area (Å²) in [5.74, 6) is 0.828. The molecule has 2 heterocycles. The predicted octanol–water partition coefficient (Wildman–Crippen LogP) is 6.05. The van der Waals surface area contributed by atoms with Crippen molar-refractivity contribution in [1.82, 2.24) is 14.5 Å². The van der Waals surface area contributed by atoms with Crippen LogP contribution in [0.1, 0.15) is 17.1 Å². The number of carbonyl (C=O) groups excluding carboxylic acids is 1. The number of aromatic nitrogens is 3. The molecule has 0 bridgehead atoms. The maximum absolute atomic E-state index is 12.4. The molecule has 2 aromatic carbocycles. The molecular weight excluding hydrogens is 421 g/mol. The summed E-state index contributed by atoms with van der Waals surface area (Å²) in [6.07, 6.45) is 0. The van der Waals surface area contributed by atoms with Gasteiger partial charge in [-0.3, -0.25) is 0 Å². The van der Waals surface area contributed by atoms with Crippen LogP contribution in [0, 0.1) is 13.8 Å². The number of hydrogen-bond donors (Lipinski definition) is 2. The SMILES string of the molecule is Cc1nc2c(cc1NC(=O)Nc1ccccc1Cl)nc(C)n2Cc1cccc(Cl)c1. The van der Waals surface area contributed by atoms with Crippen LogP contribution in [0.5, 0.6) is 0 Å². The lowest BCUT2D eigenvalue weighted by atomic mass is 10.2. The van der Waals surface area contributed by atoms with Crippen LogP contribution in [0.15, 0.2) is 54.6 Å². The predicted molar refractivity (Wildman–Crippen MR) is 122 cm³/mol. The Balaban J connectivity index is 1.60. The van der Waals surface area contributed by atoms with Crippen LogP contribution >= 0.6 is 23.2 Å². The average molecular weight is 440 g/mol. The zero-order valence-corrected chi connectivity index (χ0v) is 17.9. The van der Waals surface area contributed by atoms with E-state index in [0.717, 1.165) is 17.0 Å². The molecule has 0 unspecified atom stereocenters. The number of halogens is 2. The number of imidazole rings is 1. The molecular formula is C22H19Cl2N5O. The van der Waals surface area contributed by atoms with Crippen LogP contribution in [0.2, 0.25) is 10.0 Å². The Morgan fingerprint density at radius 1 is 0.967 bits per heavy atom. The second kappa shape index (κ2) is 8.34. The van der Waals surface area contributed by atoms with Crippen molar-refractivity contribution in [1.29, 1.82) is 0 Å². The fourth-order valence-electron chi connectivity index (χ4n) is 3.22. The minimum absolute atomic E-state index is 0.401. The summed E-state index contributed by atoms with van der Waals surface area (Å²) in [5.41, 5.74) is 4.31. The lowest BCUT2D eigenvalue weighted by Gasteiger charge is -2.11. The summed E-state index contributed by atoms with van der Waals surface area (Å²) >= 11 is 12.2. The Labute approximate surface area is 183 Å². The highest BCUT2D eigenvalue weighted by Gasteiger charge is 2.14. The summed E-state index contributed by atoms with van der Waals surface area (Å²) < 4.78 is 2.03. The van der Waals surface area contributed by atoms with Crippen LogP contribution in [0.3, 0.4) is 0 Å². The first-order valence-corrected chi connectivity index (χ1v) is 10.1. The summed E-state index contributed by atoms with van der Waals surface area (Å²) in [5, 5.41) is 6.72. The van der Waals surface area contributed by atoms with Crippen molar-refractivity contribution in [2.24, 2.45) is 0 Å². The van der Waals surface area contributed by atoms with Gasteiger partial charge >= 0.3 is 6.03 Å². The van der Waals surface area contributed by atoms with Crippen LogP contribution in [-0.2, 0) is 6.54 Å². The highest BCUT2D eigenvalue weighted by atomic mass is 35.5. The van der Waals surface area contributed by atoms with Crippen molar-refractivity contribution in [2.45, 2.75) is 20.4 Å². The number of anilines is 2. The van der Waals surface area contributed by atoms with E-state index in [1.807, 2.05) is 48.7 Å². The molecule has 0 aliphatic heterocycles. The molecule has 0 radical (unpaired) electrons. The molecule has 6 nitrogen and oxygen atoms in total. The van der Waals surface area contributed by atoms with Crippen molar-refractivity contribution in [2.75, 3.05) is 10.6 Å². The number of aryl methyl sites for hydroxylation is 2. The largest absolute Gasteiger partial charge is 0.323 e. The van der Waals surface area contributed by atoms with Crippen LogP contribution in [0.4, 0.5) is 16.2 Å². The van der Waals surface area contributed by atoms with E-state index in [2.05, 4.69) is 15.6 Å². The number of amides is 2. The molecule has 0 aliphatic rings. The molecule has 2 N–H and O–H groups in total. The highest BCUT2D eigenvalue weighted by molar-refractivity contribution is 6.33. The number of benzene rings is 2. The van der Waals surface area contributed by atoms with Gasteiger partial charge in [-0.2, -0.15) is 0 Å². The summed E-state index contributed by atoms with van der Waals surface area (Å²) in [7, 11) is 0. The smallest absolute Gasteiger partial charge is 0.308 e. The first-order valence-electron chi connectivity index (χ1n) is 9.32. The monoisotopic (exact) mass is 439 g/mol. The van der Waals surface area contributed by atoms with E-state index >= 15 is 0 Å². The molecule has 2 aromatic heterocycles. The Morgan fingerprint density at radius 2 is 1.73 bits per heavy atom. The van der Waals surface area contributed by atoms with Crippen molar-refractivity contribution in [3.63, 3.8) is 0 Å². The van der Waals surface area contributed by atoms with Gasteiger partial charge in [-0.1, -0.05) is 47.5 Å². The molecule has 0 fully saturated rings. The van der Waals surface area contributed by atoms with Gasteiger partial charge in [-0.15, -0.1) is 0 Å². The van der Waals surface area contributed by atoms with Gasteiger partial charge in [0, 0.05) is 5.02 Å². The third-order valence-electron chi connectivity index (χ3n) is 4.70. The molecule has 0 saturated heterocycles. The van der Waals surface area contributed by atoms with Gasteiger partial charge in [0.25, 0.3) is 0 Å². The maximum atomic E-state index is 12.4. The molecule has 0 spiro atoms. The lowest BCUT2D eigenvalue weighted by Crippen LogP contribution is -2.20. The van der Waals surface area contributed by atoms with Crippen molar-refractivity contribution < 1.29 is 4.79 Å². The van der Waals surface area contributed by atoms with Gasteiger partial charge in [0.2, 0.25) is 0 Å². The molecule has 4 rings (SSSR count). The van der Waals surface area contributed by atoms with Crippen molar-refractivity contribution in [3.8, 4) is 0 Å². The van der Waals surface area contributed by atoms with Crippen molar-refractivity contribution in [3.05, 3.63) is 81.7 Å². The second-order valence-electron chi connectivity index (χ2n) is 6.90. The molecule has 0 aliphatic carbocycles. The number of nitrogens with zero attached hydrogens (tertiary/aromatic N) is 3. The van der Waals surface area contributed by atoms with E-state index in [-0.39, 0.29) is 0 Å². The normalized spacial score (nSPS) is 10.9. The molecule has 0 atom stereocenters. The van der Waals surface area contributed by atoms with E-state index in [9.17, 15) is 4.79 Å². The van der Waals surface area contributed by atoms with E-state index in [1.54, 1.807) is 24.3 Å². The van der Waals surface area contributed by atoms with E-state index in [1.165, 1.54) is 0 Å². The molecule has 0 saturated carbocycles. The zero-order chi connectivity index (χ0) is 21.3. The molecule has 4 aromatic rings. The maximum Gasteiger partial charge on any atom is 0.323 e.